The van der Waals surface area contributed by atoms with Gasteiger partial charge in [-0.15, -0.1) is 10.2 Å². The maximum Gasteiger partial charge on any atom is 0.350 e. The first-order chi connectivity index (χ1) is 19.9. The van der Waals surface area contributed by atoms with Crippen LogP contribution in [-0.2, 0) is 22.5 Å². The fourth-order valence-electron chi connectivity index (χ4n) is 4.97. The van der Waals surface area contributed by atoms with Crippen molar-refractivity contribution in [1.29, 1.82) is 0 Å². The molecule has 0 saturated carbocycles. The molecule has 1 saturated heterocycles. The molecule has 14 nitrogen and oxygen atoms in total. The Balaban J connectivity index is 1.35. The Bertz CT molecular complexity index is 1580. The molecule has 5 heterocycles. The minimum absolute atomic E-state index is 0.0931. The number of carbonyl (C=O) groups excluding carboxylic acids is 2. The van der Waals surface area contributed by atoms with Crippen molar-refractivity contribution in [2.45, 2.75) is 45.8 Å². The van der Waals surface area contributed by atoms with Crippen LogP contribution in [-0.4, -0.2) is 78.4 Å². The minimum atomic E-state index is -0.433. The summed E-state index contributed by atoms with van der Waals surface area (Å²) >= 11 is 1.16. The van der Waals surface area contributed by atoms with Crippen LogP contribution in [0.3, 0.4) is 0 Å². The molecule has 1 amide bonds. The average Bonchev–Trinajstić information content (AvgIpc) is 3.70. The number of ether oxygens (including phenoxy) is 1. The number of carbonyl (C=O) groups is 2. The van der Waals surface area contributed by atoms with Gasteiger partial charge in [-0.05, 0) is 43.5 Å². The normalized spacial score (nSPS) is 15.3. The first-order valence-corrected chi connectivity index (χ1v) is 14.1. The molecule has 3 N–H and O–H groups in total. The molecule has 15 heteroatoms. The lowest BCUT2D eigenvalue weighted by molar-refractivity contribution is -0.117. The second-order valence-corrected chi connectivity index (χ2v) is 10.8. The van der Waals surface area contributed by atoms with Crippen LogP contribution in [0.1, 0.15) is 46.3 Å². The molecule has 3 aromatic heterocycles. The van der Waals surface area contributed by atoms with Gasteiger partial charge in [0.2, 0.25) is 17.7 Å². The van der Waals surface area contributed by atoms with Gasteiger partial charge in [-0.1, -0.05) is 29.5 Å². The van der Waals surface area contributed by atoms with E-state index < -0.39 is 5.97 Å². The van der Waals surface area contributed by atoms with Crippen molar-refractivity contribution in [3.63, 3.8) is 0 Å². The molecule has 1 fully saturated rings. The number of piperidine rings is 1. The number of anilines is 4. The fourth-order valence-corrected chi connectivity index (χ4v) is 5.83. The van der Waals surface area contributed by atoms with E-state index in [4.69, 9.17) is 14.7 Å². The van der Waals surface area contributed by atoms with Crippen LogP contribution < -0.4 is 15.1 Å². The number of aliphatic hydroxyl groups excluding tert-OH is 1. The second kappa shape index (κ2) is 11.2. The van der Waals surface area contributed by atoms with Gasteiger partial charge in [0.1, 0.15) is 16.5 Å². The number of rotatable bonds is 8. The Kier molecular flexibility index (Phi) is 7.28. The number of esters is 1. The zero-order chi connectivity index (χ0) is 28.5. The highest BCUT2D eigenvalue weighted by molar-refractivity contribution is 7.17. The van der Waals surface area contributed by atoms with Crippen LogP contribution in [0.25, 0.3) is 11.4 Å². The lowest BCUT2D eigenvalue weighted by Gasteiger charge is -2.31. The van der Waals surface area contributed by atoms with Crippen LogP contribution in [0.5, 0.6) is 0 Å². The molecule has 0 radical (unpaired) electrons. The van der Waals surface area contributed by atoms with Crippen molar-refractivity contribution in [1.82, 2.24) is 35.6 Å². The molecular formula is C26H28N10O4S. The molecular weight excluding hydrogens is 548 g/mol. The third-order valence-electron chi connectivity index (χ3n) is 6.96. The number of nitrogens with zero attached hydrogens (tertiary/aromatic N) is 8. The summed E-state index contributed by atoms with van der Waals surface area (Å²) in [6.07, 6.45) is 1.02. The zero-order valence-corrected chi connectivity index (χ0v) is 23.3. The lowest BCUT2D eigenvalue weighted by Crippen LogP contribution is -2.37. The molecule has 0 spiro atoms. The number of benzene rings is 1. The Hall–Kier alpha value is -4.50. The summed E-state index contributed by atoms with van der Waals surface area (Å²) in [5.41, 5.74) is 2.94. The van der Waals surface area contributed by atoms with E-state index in [2.05, 4.69) is 35.8 Å². The largest absolute Gasteiger partial charge is 0.462 e. The Morgan fingerprint density at radius 3 is 2.78 bits per heavy atom. The first kappa shape index (κ1) is 26.7. The quantitative estimate of drug-likeness (QED) is 0.262. The maximum absolute atomic E-state index is 13.4. The van der Waals surface area contributed by atoms with Crippen molar-refractivity contribution >= 4 is 45.9 Å². The van der Waals surface area contributed by atoms with Gasteiger partial charge in [-0.3, -0.25) is 15.0 Å². The van der Waals surface area contributed by atoms with E-state index in [9.17, 15) is 14.7 Å². The van der Waals surface area contributed by atoms with Crippen LogP contribution in [0.2, 0.25) is 0 Å². The van der Waals surface area contributed by atoms with Crippen LogP contribution in [0.15, 0.2) is 24.3 Å². The molecule has 0 atom stereocenters. The fraction of sp³-hybridized carbons (Fsp3) is 0.385. The highest BCUT2D eigenvalue weighted by Crippen LogP contribution is 2.38. The summed E-state index contributed by atoms with van der Waals surface area (Å²) in [4.78, 5) is 43.9. The number of aromatic amines is 1. The zero-order valence-electron chi connectivity index (χ0n) is 22.5. The Morgan fingerprint density at radius 1 is 1.22 bits per heavy atom. The van der Waals surface area contributed by atoms with E-state index in [-0.39, 0.29) is 37.5 Å². The van der Waals surface area contributed by atoms with E-state index in [0.717, 1.165) is 28.0 Å². The van der Waals surface area contributed by atoms with Gasteiger partial charge in [-0.2, -0.15) is 15.2 Å². The van der Waals surface area contributed by atoms with Crippen molar-refractivity contribution in [2.24, 2.45) is 0 Å². The second-order valence-electron chi connectivity index (χ2n) is 9.76. The number of amides is 1. The van der Waals surface area contributed by atoms with Crippen molar-refractivity contribution in [3.05, 3.63) is 46.0 Å². The van der Waals surface area contributed by atoms with Gasteiger partial charge in [0.25, 0.3) is 0 Å². The SMILES string of the molecule is CCOC(=O)c1sc(Nc2nc(N3CCC(O)CC3)c3c(n2)N(Cc2cccc(-c4nn[nH]n4)c2)C(=O)C3)nc1C. The molecule has 0 aliphatic carbocycles. The van der Waals surface area contributed by atoms with E-state index in [1.807, 2.05) is 24.3 Å². The number of tetrazole rings is 1. The van der Waals surface area contributed by atoms with Crippen LogP contribution in [0.4, 0.5) is 22.7 Å². The topological polar surface area (TPSA) is 175 Å². The summed E-state index contributed by atoms with van der Waals surface area (Å²) < 4.78 is 5.14. The predicted molar refractivity (Wildman–Crippen MR) is 150 cm³/mol. The van der Waals surface area contributed by atoms with Crippen LogP contribution >= 0.6 is 11.3 Å². The van der Waals surface area contributed by atoms with E-state index in [1.54, 1.807) is 18.7 Å². The van der Waals surface area contributed by atoms with Gasteiger partial charge >= 0.3 is 5.97 Å². The number of fused-ring (bicyclic) bond motifs is 1. The third kappa shape index (κ3) is 5.45. The number of H-pyrrole nitrogens is 1. The van der Waals surface area contributed by atoms with Crippen molar-refractivity contribution in [3.8, 4) is 11.4 Å². The molecule has 4 aromatic rings. The molecule has 0 unspecified atom stereocenters. The highest BCUT2D eigenvalue weighted by Gasteiger charge is 2.35. The molecule has 212 valence electrons. The monoisotopic (exact) mass is 576 g/mol. The Morgan fingerprint density at radius 2 is 2.02 bits per heavy atom. The first-order valence-electron chi connectivity index (χ1n) is 13.3. The highest BCUT2D eigenvalue weighted by atomic mass is 32.1. The van der Waals surface area contributed by atoms with Crippen LogP contribution in [0, 0.1) is 6.92 Å². The molecule has 2 aliphatic heterocycles. The summed E-state index contributed by atoms with van der Waals surface area (Å²) in [6.45, 7) is 5.26. The van der Waals surface area contributed by atoms with E-state index in [0.29, 0.717) is 59.1 Å². The summed E-state index contributed by atoms with van der Waals surface area (Å²) in [5, 5.41) is 27.8. The van der Waals surface area contributed by atoms with Gasteiger partial charge in [-0.25, -0.2) is 9.78 Å². The predicted octanol–water partition coefficient (Wildman–Crippen LogP) is 2.39. The number of nitrogens with one attached hydrogen (secondary N) is 2. The molecule has 1 aromatic carbocycles. The smallest absolute Gasteiger partial charge is 0.350 e. The number of aryl methyl sites for hydroxylation is 1. The standard InChI is InChI=1S/C26H28N10O4S/c1-3-40-24(39)20-14(2)27-26(41-20)30-25-28-22(35-9-7-17(37)8-10-35)18-12-19(38)36(23(18)29-25)13-15-5-4-6-16(11-15)21-31-33-34-32-21/h4-6,11,17,37H,3,7-10,12-13H2,1-2H3,(H,27,28,29,30)(H,31,32,33,34). The lowest BCUT2D eigenvalue weighted by atomic mass is 10.1. The van der Waals surface area contributed by atoms with Gasteiger partial charge < -0.3 is 14.7 Å². The maximum atomic E-state index is 13.4. The molecule has 2 aliphatic rings. The third-order valence-corrected chi connectivity index (χ3v) is 8.01. The summed E-state index contributed by atoms with van der Waals surface area (Å²) in [5.74, 6) is 1.36. The average molecular weight is 577 g/mol. The Labute approximate surface area is 238 Å². The molecule has 0 bridgehead atoms. The molecule has 6 rings (SSSR count). The number of aromatic nitrogens is 7. The minimum Gasteiger partial charge on any atom is -0.462 e. The van der Waals surface area contributed by atoms with E-state index >= 15 is 0 Å². The number of hydrogen-bond donors (Lipinski definition) is 3. The summed E-state index contributed by atoms with van der Waals surface area (Å²) in [6, 6.07) is 7.60. The van der Waals surface area contributed by atoms with Gasteiger partial charge in [0.05, 0.1) is 31.4 Å². The number of aliphatic hydroxyl groups is 1. The van der Waals surface area contributed by atoms with Crippen molar-refractivity contribution < 1.29 is 19.4 Å². The van der Waals surface area contributed by atoms with Gasteiger partial charge in [0.15, 0.2) is 5.13 Å². The summed E-state index contributed by atoms with van der Waals surface area (Å²) in [7, 11) is 0. The molecule has 41 heavy (non-hydrogen) atoms. The van der Waals surface area contributed by atoms with E-state index in [1.165, 1.54) is 0 Å². The number of thiazole rings is 1. The van der Waals surface area contributed by atoms with Crippen molar-refractivity contribution in [2.75, 3.05) is 34.8 Å². The number of hydrogen-bond acceptors (Lipinski definition) is 13. The van der Waals surface area contributed by atoms with Gasteiger partial charge in [0, 0.05) is 24.2 Å².